The zero-order valence-corrected chi connectivity index (χ0v) is 17.7. The molecule has 1 aromatic carbocycles. The number of carbonyl (C=O) groups excluding carboxylic acids is 1. The lowest BCUT2D eigenvalue weighted by Crippen LogP contribution is -2.42. The summed E-state index contributed by atoms with van der Waals surface area (Å²) in [6.07, 6.45) is 3.45. The maximum atomic E-state index is 12.5. The molecule has 0 saturated heterocycles. The maximum absolute atomic E-state index is 12.5. The van der Waals surface area contributed by atoms with Crippen LogP contribution in [0.5, 0.6) is 11.5 Å². The van der Waals surface area contributed by atoms with Crippen LogP contribution in [0.2, 0.25) is 0 Å². The Balaban J connectivity index is 1.96. The monoisotopic (exact) mass is 434 g/mol. The zero-order valence-electron chi connectivity index (χ0n) is 16.9. The van der Waals surface area contributed by atoms with Gasteiger partial charge < -0.3 is 14.4 Å². The Labute approximate surface area is 170 Å². The van der Waals surface area contributed by atoms with Crippen LogP contribution >= 0.6 is 0 Å². The van der Waals surface area contributed by atoms with Crippen molar-refractivity contribution in [1.82, 2.24) is 9.62 Å². The lowest BCUT2D eigenvalue weighted by molar-refractivity contribution is -0.127. The molecule has 0 spiro atoms. The Bertz CT molecular complexity index is 796. The van der Waals surface area contributed by atoms with Gasteiger partial charge in [0.1, 0.15) is 5.75 Å². The van der Waals surface area contributed by atoms with Crippen LogP contribution in [0.15, 0.2) is 18.2 Å². The van der Waals surface area contributed by atoms with Crippen molar-refractivity contribution in [1.29, 1.82) is 0 Å². The summed E-state index contributed by atoms with van der Waals surface area (Å²) < 4.78 is 61.8. The van der Waals surface area contributed by atoms with Crippen molar-refractivity contribution < 1.29 is 31.5 Å². The van der Waals surface area contributed by atoms with Crippen molar-refractivity contribution >= 4 is 15.9 Å². The fourth-order valence-corrected chi connectivity index (χ4v) is 4.69. The number of benzene rings is 1. The summed E-state index contributed by atoms with van der Waals surface area (Å²) in [5.41, 5.74) is 0.504. The van der Waals surface area contributed by atoms with Crippen LogP contribution in [-0.2, 0) is 21.4 Å². The summed E-state index contributed by atoms with van der Waals surface area (Å²) in [5, 5.41) is 0. The van der Waals surface area contributed by atoms with E-state index in [1.165, 1.54) is 31.2 Å². The molecule has 2 rings (SSSR count). The Hall–Kier alpha value is -1.94. The van der Waals surface area contributed by atoms with Crippen LogP contribution in [0.1, 0.15) is 38.2 Å². The average Bonchev–Trinajstić information content (AvgIpc) is 2.62. The Morgan fingerprint density at radius 3 is 2.48 bits per heavy atom. The largest absolute Gasteiger partial charge is 0.493 e. The van der Waals surface area contributed by atoms with Crippen molar-refractivity contribution in [2.45, 2.75) is 51.8 Å². The van der Waals surface area contributed by atoms with Crippen molar-refractivity contribution in [3.63, 3.8) is 0 Å². The third-order valence-corrected chi connectivity index (χ3v) is 6.28. The fraction of sp³-hybridized carbons (Fsp3) is 0.632. The highest BCUT2D eigenvalue weighted by Crippen LogP contribution is 2.30. The van der Waals surface area contributed by atoms with Gasteiger partial charge in [0.25, 0.3) is 0 Å². The summed E-state index contributed by atoms with van der Waals surface area (Å²) in [5.74, 6) is -0.675. The van der Waals surface area contributed by atoms with Crippen LogP contribution < -0.4 is 14.2 Å². The van der Waals surface area contributed by atoms with E-state index in [9.17, 15) is 22.0 Å². The number of carbonyl (C=O) groups is 1. The van der Waals surface area contributed by atoms with Gasteiger partial charge in [-0.3, -0.25) is 4.79 Å². The fourth-order valence-electron chi connectivity index (χ4n) is 3.32. The number of nitrogens with one attached hydrogen (secondary N) is 1. The summed E-state index contributed by atoms with van der Waals surface area (Å²) in [6.45, 7) is -0.837. The number of rotatable bonds is 9. The van der Waals surface area contributed by atoms with E-state index in [1.807, 2.05) is 0 Å². The molecule has 1 fully saturated rings. The lowest BCUT2D eigenvalue weighted by Gasteiger charge is -2.27. The van der Waals surface area contributed by atoms with Gasteiger partial charge in [0, 0.05) is 19.6 Å². The maximum Gasteiger partial charge on any atom is 0.387 e. The number of ether oxygens (including phenoxy) is 2. The summed E-state index contributed by atoms with van der Waals surface area (Å²) in [4.78, 5) is 13.6. The molecule has 1 aliphatic rings. The molecule has 10 heteroatoms. The molecule has 0 aliphatic heterocycles. The van der Waals surface area contributed by atoms with Gasteiger partial charge in [-0.05, 0) is 49.3 Å². The van der Waals surface area contributed by atoms with Gasteiger partial charge >= 0.3 is 6.61 Å². The van der Waals surface area contributed by atoms with Crippen LogP contribution in [0.3, 0.4) is 0 Å². The molecule has 1 saturated carbocycles. The quantitative estimate of drug-likeness (QED) is 0.646. The number of hydrogen-bond donors (Lipinski definition) is 1. The highest BCUT2D eigenvalue weighted by atomic mass is 32.2. The standard InChI is InChI=1S/C19H28F2N2O5S/c1-13-4-7-15(8-5-13)22-29(25,26)12-18(24)23(2)11-14-6-9-16(27-3)17(10-14)28-19(20)21/h6,9-10,13,15,19,22H,4-5,7-8,11-12H2,1-3H3. The number of nitrogens with zero attached hydrogens (tertiary/aromatic N) is 1. The lowest BCUT2D eigenvalue weighted by atomic mass is 9.88. The molecule has 1 aromatic rings. The minimum atomic E-state index is -3.76. The van der Waals surface area contributed by atoms with E-state index in [4.69, 9.17) is 4.74 Å². The van der Waals surface area contributed by atoms with E-state index in [0.717, 1.165) is 25.7 Å². The Kier molecular flexibility index (Phi) is 8.21. The molecule has 164 valence electrons. The normalized spacial score (nSPS) is 19.8. The number of sulfonamides is 1. The number of hydrogen-bond acceptors (Lipinski definition) is 5. The third kappa shape index (κ3) is 7.43. The first kappa shape index (κ1) is 23.3. The molecule has 0 radical (unpaired) electrons. The number of amides is 1. The van der Waals surface area contributed by atoms with Gasteiger partial charge in [-0.15, -0.1) is 0 Å². The van der Waals surface area contributed by atoms with Gasteiger partial charge in [0.05, 0.1) is 7.11 Å². The SMILES string of the molecule is COc1ccc(CN(C)C(=O)CS(=O)(=O)NC2CCC(C)CC2)cc1OC(F)F. The Morgan fingerprint density at radius 1 is 1.24 bits per heavy atom. The molecule has 0 unspecified atom stereocenters. The topological polar surface area (TPSA) is 84.9 Å². The number of methoxy groups -OCH3 is 1. The predicted octanol–water partition coefficient (Wildman–Crippen LogP) is 2.75. The van der Waals surface area contributed by atoms with Gasteiger partial charge in [-0.25, -0.2) is 13.1 Å². The van der Waals surface area contributed by atoms with E-state index in [2.05, 4.69) is 16.4 Å². The minimum Gasteiger partial charge on any atom is -0.493 e. The molecule has 1 N–H and O–H groups in total. The molecule has 0 atom stereocenters. The first-order valence-electron chi connectivity index (χ1n) is 9.45. The first-order chi connectivity index (χ1) is 13.6. The van der Waals surface area contributed by atoms with Crippen LogP contribution in [-0.4, -0.2) is 51.8 Å². The summed E-state index contributed by atoms with van der Waals surface area (Å²) in [7, 11) is -0.971. The first-order valence-corrected chi connectivity index (χ1v) is 11.1. The average molecular weight is 435 g/mol. The molecule has 7 nitrogen and oxygen atoms in total. The predicted molar refractivity (Wildman–Crippen MR) is 104 cm³/mol. The van der Waals surface area contributed by atoms with E-state index < -0.39 is 28.3 Å². The minimum absolute atomic E-state index is 0.0406. The van der Waals surface area contributed by atoms with E-state index in [1.54, 1.807) is 6.07 Å². The van der Waals surface area contributed by atoms with Crippen LogP contribution in [0, 0.1) is 5.92 Å². The van der Waals surface area contributed by atoms with Crippen LogP contribution in [0.25, 0.3) is 0 Å². The van der Waals surface area contributed by atoms with Gasteiger partial charge in [0.2, 0.25) is 15.9 Å². The molecule has 0 aromatic heterocycles. The smallest absolute Gasteiger partial charge is 0.387 e. The molecular weight excluding hydrogens is 406 g/mol. The van der Waals surface area contributed by atoms with Gasteiger partial charge in [0.15, 0.2) is 11.5 Å². The van der Waals surface area contributed by atoms with Crippen molar-refractivity contribution in [2.24, 2.45) is 5.92 Å². The molecule has 1 aliphatic carbocycles. The second kappa shape index (κ2) is 10.2. The second-order valence-electron chi connectivity index (χ2n) is 7.45. The summed E-state index contributed by atoms with van der Waals surface area (Å²) >= 11 is 0. The van der Waals surface area contributed by atoms with Crippen molar-refractivity contribution in [3.8, 4) is 11.5 Å². The Morgan fingerprint density at radius 2 is 1.90 bits per heavy atom. The summed E-state index contributed by atoms with van der Waals surface area (Å²) in [6, 6.07) is 4.25. The van der Waals surface area contributed by atoms with Gasteiger partial charge in [-0.1, -0.05) is 13.0 Å². The second-order valence-corrected chi connectivity index (χ2v) is 9.20. The van der Waals surface area contributed by atoms with E-state index in [0.29, 0.717) is 11.5 Å². The molecule has 0 bridgehead atoms. The molecule has 1 amide bonds. The highest BCUT2D eigenvalue weighted by molar-refractivity contribution is 7.90. The number of alkyl halides is 2. The van der Waals surface area contributed by atoms with Crippen molar-refractivity contribution in [2.75, 3.05) is 19.9 Å². The van der Waals surface area contributed by atoms with Crippen LogP contribution in [0.4, 0.5) is 8.78 Å². The third-order valence-electron chi connectivity index (χ3n) is 4.97. The number of halogens is 2. The van der Waals surface area contributed by atoms with E-state index >= 15 is 0 Å². The van der Waals surface area contributed by atoms with Crippen molar-refractivity contribution in [3.05, 3.63) is 23.8 Å². The molecule has 0 heterocycles. The molecule has 29 heavy (non-hydrogen) atoms. The highest BCUT2D eigenvalue weighted by Gasteiger charge is 2.26. The van der Waals surface area contributed by atoms with Gasteiger partial charge in [-0.2, -0.15) is 8.78 Å². The zero-order chi connectivity index (χ0) is 21.6. The van der Waals surface area contributed by atoms with E-state index in [-0.39, 0.29) is 24.1 Å². The molecular formula is C19H28F2N2O5S.